The summed E-state index contributed by atoms with van der Waals surface area (Å²) in [4.78, 5) is 0. The van der Waals surface area contributed by atoms with Crippen LogP contribution in [-0.4, -0.2) is 31.5 Å². The molecule has 0 saturated heterocycles. The van der Waals surface area contributed by atoms with Gasteiger partial charge in [0, 0.05) is 11.6 Å². The third kappa shape index (κ3) is 2.88. The predicted octanol–water partition coefficient (Wildman–Crippen LogP) is 2.41. The molecule has 1 atom stereocenters. The zero-order valence-electron chi connectivity index (χ0n) is 12.3. The van der Waals surface area contributed by atoms with Gasteiger partial charge < -0.3 is 10.4 Å². The van der Waals surface area contributed by atoms with E-state index >= 15 is 0 Å². The Morgan fingerprint density at radius 1 is 1.27 bits per heavy atom. The lowest BCUT2D eigenvalue weighted by atomic mass is 9.96. The van der Waals surface area contributed by atoms with E-state index in [2.05, 4.69) is 20.6 Å². The summed E-state index contributed by atoms with van der Waals surface area (Å²) in [6.07, 6.45) is 0. The predicted molar refractivity (Wildman–Crippen MR) is 85.0 cm³/mol. The van der Waals surface area contributed by atoms with Crippen molar-refractivity contribution in [2.24, 2.45) is 0 Å². The standard InChI is InChI=1S/C15H16ClN5O/c1-10-18-19-14-7-6-13(20-21(10)14)17-9-15(2,22)11-4-3-5-12(16)8-11/h3-8,22H,9H2,1-2H3,(H,17,20). The first-order chi connectivity index (χ1) is 10.5. The lowest BCUT2D eigenvalue weighted by molar-refractivity contribution is 0.0714. The fourth-order valence-electron chi connectivity index (χ4n) is 2.18. The fourth-order valence-corrected chi connectivity index (χ4v) is 2.37. The summed E-state index contributed by atoms with van der Waals surface area (Å²) in [7, 11) is 0. The van der Waals surface area contributed by atoms with E-state index in [1.807, 2.05) is 25.1 Å². The molecule has 0 radical (unpaired) electrons. The maximum absolute atomic E-state index is 10.6. The van der Waals surface area contributed by atoms with E-state index in [1.54, 1.807) is 29.6 Å². The van der Waals surface area contributed by atoms with Crippen LogP contribution < -0.4 is 5.32 Å². The van der Waals surface area contributed by atoms with E-state index in [4.69, 9.17) is 11.6 Å². The molecular weight excluding hydrogens is 302 g/mol. The van der Waals surface area contributed by atoms with Crippen LogP contribution >= 0.6 is 11.6 Å². The molecule has 0 aliphatic heterocycles. The number of hydrogen-bond acceptors (Lipinski definition) is 5. The van der Waals surface area contributed by atoms with Crippen LogP contribution in [-0.2, 0) is 5.60 Å². The van der Waals surface area contributed by atoms with Gasteiger partial charge in [-0.05, 0) is 43.7 Å². The van der Waals surface area contributed by atoms with Crippen molar-refractivity contribution in [3.8, 4) is 0 Å². The highest BCUT2D eigenvalue weighted by Gasteiger charge is 2.23. The number of rotatable bonds is 4. The van der Waals surface area contributed by atoms with E-state index in [1.165, 1.54) is 0 Å². The second-order valence-electron chi connectivity index (χ2n) is 5.37. The van der Waals surface area contributed by atoms with Crippen molar-refractivity contribution >= 4 is 23.1 Å². The molecule has 0 bridgehead atoms. The van der Waals surface area contributed by atoms with E-state index in [-0.39, 0.29) is 0 Å². The summed E-state index contributed by atoms with van der Waals surface area (Å²) >= 11 is 5.98. The lowest BCUT2D eigenvalue weighted by Gasteiger charge is -2.24. The molecule has 7 heteroatoms. The molecule has 0 amide bonds. The number of nitrogens with one attached hydrogen (secondary N) is 1. The maximum Gasteiger partial charge on any atom is 0.178 e. The summed E-state index contributed by atoms with van der Waals surface area (Å²) in [5.74, 6) is 1.35. The van der Waals surface area contributed by atoms with Crippen molar-refractivity contribution in [1.82, 2.24) is 19.8 Å². The molecule has 0 fully saturated rings. The Labute approximate surface area is 132 Å². The first kappa shape index (κ1) is 14.7. The van der Waals surface area contributed by atoms with E-state index in [0.717, 1.165) is 5.56 Å². The highest BCUT2D eigenvalue weighted by molar-refractivity contribution is 6.30. The van der Waals surface area contributed by atoms with Crippen molar-refractivity contribution in [1.29, 1.82) is 0 Å². The summed E-state index contributed by atoms with van der Waals surface area (Å²) in [6, 6.07) is 10.8. The summed E-state index contributed by atoms with van der Waals surface area (Å²) in [6.45, 7) is 3.86. The highest BCUT2D eigenvalue weighted by Crippen LogP contribution is 2.23. The third-order valence-electron chi connectivity index (χ3n) is 3.48. The fraction of sp³-hybridized carbons (Fsp3) is 0.267. The highest BCUT2D eigenvalue weighted by atomic mass is 35.5. The average Bonchev–Trinajstić information content (AvgIpc) is 2.86. The van der Waals surface area contributed by atoms with Crippen molar-refractivity contribution in [2.45, 2.75) is 19.4 Å². The minimum Gasteiger partial charge on any atom is -0.384 e. The number of aromatic nitrogens is 4. The van der Waals surface area contributed by atoms with Gasteiger partial charge in [-0.2, -0.15) is 4.52 Å². The zero-order valence-corrected chi connectivity index (χ0v) is 13.0. The Morgan fingerprint density at radius 3 is 2.86 bits per heavy atom. The topological polar surface area (TPSA) is 75.3 Å². The second kappa shape index (κ2) is 5.55. The first-order valence-corrected chi connectivity index (χ1v) is 7.25. The Balaban J connectivity index is 1.79. The minimum atomic E-state index is -1.07. The molecule has 2 heterocycles. The van der Waals surface area contributed by atoms with E-state index < -0.39 is 5.60 Å². The largest absolute Gasteiger partial charge is 0.384 e. The molecule has 3 aromatic rings. The van der Waals surface area contributed by atoms with Gasteiger partial charge in [-0.15, -0.1) is 15.3 Å². The third-order valence-corrected chi connectivity index (χ3v) is 3.71. The van der Waals surface area contributed by atoms with E-state index in [9.17, 15) is 5.11 Å². The number of halogens is 1. The van der Waals surface area contributed by atoms with Gasteiger partial charge in [0.15, 0.2) is 11.5 Å². The van der Waals surface area contributed by atoms with Crippen LogP contribution in [0.3, 0.4) is 0 Å². The van der Waals surface area contributed by atoms with Crippen LogP contribution in [0, 0.1) is 6.92 Å². The second-order valence-corrected chi connectivity index (χ2v) is 5.81. The van der Waals surface area contributed by atoms with Crippen LogP contribution in [0.4, 0.5) is 5.82 Å². The van der Waals surface area contributed by atoms with Gasteiger partial charge >= 0.3 is 0 Å². The Kier molecular flexibility index (Phi) is 3.72. The number of aliphatic hydroxyl groups is 1. The Morgan fingerprint density at radius 2 is 2.09 bits per heavy atom. The summed E-state index contributed by atoms with van der Waals surface area (Å²) in [5, 5.41) is 26.7. The van der Waals surface area contributed by atoms with Gasteiger partial charge in [0.05, 0.1) is 0 Å². The monoisotopic (exact) mass is 317 g/mol. The van der Waals surface area contributed by atoms with Gasteiger partial charge in [0.2, 0.25) is 0 Å². The van der Waals surface area contributed by atoms with Crippen LogP contribution in [0.25, 0.3) is 5.65 Å². The van der Waals surface area contributed by atoms with E-state index in [0.29, 0.717) is 28.9 Å². The average molecular weight is 318 g/mol. The van der Waals surface area contributed by atoms with Crippen LogP contribution in [0.1, 0.15) is 18.3 Å². The quantitative estimate of drug-likeness (QED) is 0.773. The Hall–Kier alpha value is -2.18. The molecule has 2 N–H and O–H groups in total. The van der Waals surface area contributed by atoms with Crippen LogP contribution in [0.5, 0.6) is 0 Å². The summed E-state index contributed by atoms with van der Waals surface area (Å²) < 4.78 is 1.65. The lowest BCUT2D eigenvalue weighted by Crippen LogP contribution is -2.31. The molecule has 0 spiro atoms. The van der Waals surface area contributed by atoms with Gasteiger partial charge in [-0.3, -0.25) is 0 Å². The van der Waals surface area contributed by atoms with Crippen molar-refractivity contribution in [2.75, 3.05) is 11.9 Å². The number of benzene rings is 1. The molecule has 3 rings (SSSR count). The number of nitrogens with zero attached hydrogens (tertiary/aromatic N) is 4. The number of hydrogen-bond donors (Lipinski definition) is 2. The maximum atomic E-state index is 10.6. The molecule has 0 aliphatic rings. The molecule has 22 heavy (non-hydrogen) atoms. The van der Waals surface area contributed by atoms with Gasteiger partial charge in [0.25, 0.3) is 0 Å². The molecule has 1 aromatic carbocycles. The number of aryl methyl sites for hydroxylation is 1. The van der Waals surface area contributed by atoms with Crippen LogP contribution in [0.15, 0.2) is 36.4 Å². The minimum absolute atomic E-state index is 0.299. The van der Waals surface area contributed by atoms with Crippen molar-refractivity contribution < 1.29 is 5.11 Å². The number of anilines is 1. The molecule has 114 valence electrons. The SMILES string of the molecule is Cc1nnc2ccc(NCC(C)(O)c3cccc(Cl)c3)nn12. The molecule has 0 saturated carbocycles. The molecule has 2 aromatic heterocycles. The zero-order chi connectivity index (χ0) is 15.7. The van der Waals surface area contributed by atoms with Gasteiger partial charge in [-0.1, -0.05) is 23.7 Å². The van der Waals surface area contributed by atoms with Crippen LogP contribution in [0.2, 0.25) is 5.02 Å². The smallest absolute Gasteiger partial charge is 0.178 e. The normalized spacial score (nSPS) is 14.0. The van der Waals surface area contributed by atoms with Crippen molar-refractivity contribution in [3.05, 3.63) is 52.8 Å². The first-order valence-electron chi connectivity index (χ1n) is 6.87. The summed E-state index contributed by atoms with van der Waals surface area (Å²) in [5.41, 5.74) is 0.364. The van der Waals surface area contributed by atoms with Crippen molar-refractivity contribution in [3.63, 3.8) is 0 Å². The van der Waals surface area contributed by atoms with Gasteiger partial charge in [0.1, 0.15) is 11.4 Å². The molecule has 1 unspecified atom stereocenters. The molecule has 6 nitrogen and oxygen atoms in total. The number of fused-ring (bicyclic) bond motifs is 1. The molecular formula is C15H16ClN5O. The van der Waals surface area contributed by atoms with Gasteiger partial charge in [-0.25, -0.2) is 0 Å². The molecule has 0 aliphatic carbocycles. The Bertz CT molecular complexity index is 815.